The number of rotatable bonds is 7. The normalized spacial score (nSPS) is 20.0. The van der Waals surface area contributed by atoms with E-state index in [0.29, 0.717) is 17.9 Å². The molecule has 0 bridgehead atoms. The Hall–Kier alpha value is -2.88. The molecule has 3 rings (SSSR count). The molecule has 0 saturated carbocycles. The topological polar surface area (TPSA) is 71.0 Å². The standard InChI is InChI=1S/C22H26N4O2/c1-18(22(27)24-21-10-6-5-7-19(21)17-23)26-13-11-25(12-14-26)15-16-28-20-8-3-2-4-9-20/h2-10,18H,11-16H2,1H3,(H,24,27)/p+2/t18-/m1/s1. The van der Waals surface area contributed by atoms with Gasteiger partial charge in [-0.3, -0.25) is 4.79 Å². The molecule has 1 heterocycles. The predicted molar refractivity (Wildman–Crippen MR) is 107 cm³/mol. The second-order valence-electron chi connectivity index (χ2n) is 7.19. The summed E-state index contributed by atoms with van der Waals surface area (Å²) in [7, 11) is 0. The van der Waals surface area contributed by atoms with Crippen LogP contribution in [0.15, 0.2) is 54.6 Å². The van der Waals surface area contributed by atoms with Crippen molar-refractivity contribution in [3.63, 3.8) is 0 Å². The highest BCUT2D eigenvalue weighted by Gasteiger charge is 2.31. The van der Waals surface area contributed by atoms with Gasteiger partial charge in [-0.15, -0.1) is 0 Å². The van der Waals surface area contributed by atoms with Gasteiger partial charge < -0.3 is 19.9 Å². The molecule has 2 aromatic carbocycles. The minimum Gasteiger partial charge on any atom is -0.488 e. The summed E-state index contributed by atoms with van der Waals surface area (Å²) in [4.78, 5) is 15.4. The van der Waals surface area contributed by atoms with E-state index in [4.69, 9.17) is 4.74 Å². The van der Waals surface area contributed by atoms with Crippen molar-refractivity contribution in [2.45, 2.75) is 13.0 Å². The monoisotopic (exact) mass is 380 g/mol. The maximum absolute atomic E-state index is 12.6. The summed E-state index contributed by atoms with van der Waals surface area (Å²) in [5.41, 5.74) is 1.08. The zero-order valence-electron chi connectivity index (χ0n) is 16.3. The van der Waals surface area contributed by atoms with Crippen molar-refractivity contribution in [1.29, 1.82) is 5.26 Å². The number of nitrogens with zero attached hydrogens (tertiary/aromatic N) is 1. The molecule has 1 aliphatic rings. The van der Waals surface area contributed by atoms with Gasteiger partial charge >= 0.3 is 0 Å². The van der Waals surface area contributed by atoms with Crippen LogP contribution in [0.25, 0.3) is 0 Å². The van der Waals surface area contributed by atoms with Gasteiger partial charge in [-0.2, -0.15) is 5.26 Å². The molecule has 1 amide bonds. The number of nitriles is 1. The highest BCUT2D eigenvalue weighted by Crippen LogP contribution is 2.13. The first-order valence-electron chi connectivity index (χ1n) is 9.83. The Labute approximate surface area is 166 Å². The Bertz CT molecular complexity index is 811. The molecule has 0 unspecified atom stereocenters. The first-order valence-corrected chi connectivity index (χ1v) is 9.83. The highest BCUT2D eigenvalue weighted by molar-refractivity contribution is 5.94. The zero-order chi connectivity index (χ0) is 19.8. The molecule has 6 nitrogen and oxygen atoms in total. The lowest BCUT2D eigenvalue weighted by molar-refractivity contribution is -1.02. The molecule has 2 aromatic rings. The van der Waals surface area contributed by atoms with Crippen molar-refractivity contribution < 1.29 is 19.3 Å². The lowest BCUT2D eigenvalue weighted by Gasteiger charge is -2.32. The van der Waals surface area contributed by atoms with Crippen molar-refractivity contribution in [3.8, 4) is 11.8 Å². The van der Waals surface area contributed by atoms with E-state index in [2.05, 4.69) is 11.4 Å². The van der Waals surface area contributed by atoms with Crippen LogP contribution >= 0.6 is 0 Å². The van der Waals surface area contributed by atoms with Gasteiger partial charge in [0.15, 0.2) is 6.04 Å². The molecule has 0 radical (unpaired) electrons. The van der Waals surface area contributed by atoms with Crippen LogP contribution in [-0.2, 0) is 4.79 Å². The van der Waals surface area contributed by atoms with E-state index < -0.39 is 0 Å². The molecule has 1 saturated heterocycles. The van der Waals surface area contributed by atoms with Gasteiger partial charge in [-0.05, 0) is 31.2 Å². The van der Waals surface area contributed by atoms with E-state index in [1.165, 1.54) is 9.80 Å². The maximum atomic E-state index is 12.6. The van der Waals surface area contributed by atoms with E-state index in [9.17, 15) is 10.1 Å². The van der Waals surface area contributed by atoms with E-state index in [-0.39, 0.29) is 11.9 Å². The third-order valence-electron chi connectivity index (χ3n) is 5.38. The Kier molecular flexibility index (Phi) is 7.01. The van der Waals surface area contributed by atoms with E-state index >= 15 is 0 Å². The van der Waals surface area contributed by atoms with Gasteiger partial charge in [-0.1, -0.05) is 30.3 Å². The number of hydrogen-bond acceptors (Lipinski definition) is 3. The fourth-order valence-electron chi connectivity index (χ4n) is 3.55. The van der Waals surface area contributed by atoms with Crippen molar-refractivity contribution in [1.82, 2.24) is 0 Å². The number of piperazine rings is 1. The maximum Gasteiger partial charge on any atom is 0.282 e. The van der Waals surface area contributed by atoms with Crippen LogP contribution in [0, 0.1) is 11.3 Å². The number of benzene rings is 2. The molecule has 0 spiro atoms. The number of para-hydroxylation sites is 2. The van der Waals surface area contributed by atoms with Gasteiger partial charge in [0.2, 0.25) is 0 Å². The van der Waals surface area contributed by atoms with Crippen LogP contribution in [-0.4, -0.2) is 51.3 Å². The molecular formula is C22H28N4O2+2. The van der Waals surface area contributed by atoms with Crippen LogP contribution in [0.2, 0.25) is 0 Å². The molecule has 146 valence electrons. The molecule has 6 heteroatoms. The lowest BCUT2D eigenvalue weighted by atomic mass is 10.1. The summed E-state index contributed by atoms with van der Waals surface area (Å²) >= 11 is 0. The number of hydrogen-bond donors (Lipinski definition) is 3. The average Bonchev–Trinajstić information content (AvgIpc) is 2.75. The number of amides is 1. The molecule has 1 aliphatic heterocycles. The number of nitrogens with one attached hydrogen (secondary N) is 3. The van der Waals surface area contributed by atoms with Crippen LogP contribution < -0.4 is 19.9 Å². The van der Waals surface area contributed by atoms with Crippen molar-refractivity contribution in [2.75, 3.05) is 44.6 Å². The number of carbonyl (C=O) groups is 1. The zero-order valence-corrected chi connectivity index (χ0v) is 16.3. The average molecular weight is 380 g/mol. The third kappa shape index (κ3) is 5.32. The Balaban J connectivity index is 1.42. The Morgan fingerprint density at radius 2 is 1.79 bits per heavy atom. The molecule has 1 fully saturated rings. The second kappa shape index (κ2) is 9.88. The fourth-order valence-corrected chi connectivity index (χ4v) is 3.55. The van der Waals surface area contributed by atoms with Crippen LogP contribution in [0.5, 0.6) is 5.75 Å². The van der Waals surface area contributed by atoms with Crippen LogP contribution in [0.3, 0.4) is 0 Å². The number of ether oxygens (including phenoxy) is 1. The molecular weight excluding hydrogens is 352 g/mol. The number of quaternary nitrogens is 2. The molecule has 3 N–H and O–H groups in total. The summed E-state index contributed by atoms with van der Waals surface area (Å²) in [6, 6.07) is 19.0. The summed E-state index contributed by atoms with van der Waals surface area (Å²) in [6.07, 6.45) is 0. The van der Waals surface area contributed by atoms with Crippen molar-refractivity contribution in [3.05, 3.63) is 60.2 Å². The second-order valence-corrected chi connectivity index (χ2v) is 7.19. The van der Waals surface area contributed by atoms with Gasteiger partial charge in [0, 0.05) is 0 Å². The van der Waals surface area contributed by atoms with Crippen LogP contribution in [0.1, 0.15) is 12.5 Å². The third-order valence-corrected chi connectivity index (χ3v) is 5.38. The first-order chi connectivity index (χ1) is 13.7. The summed E-state index contributed by atoms with van der Waals surface area (Å²) in [6.45, 7) is 7.60. The fraction of sp³-hybridized carbons (Fsp3) is 0.364. The largest absolute Gasteiger partial charge is 0.488 e. The molecule has 28 heavy (non-hydrogen) atoms. The van der Waals surface area contributed by atoms with E-state index in [0.717, 1.165) is 38.5 Å². The minimum atomic E-state index is -0.145. The number of carbonyl (C=O) groups excluding carboxylic acids is 1. The quantitative estimate of drug-likeness (QED) is 0.620. The van der Waals surface area contributed by atoms with Crippen LogP contribution in [0.4, 0.5) is 5.69 Å². The SMILES string of the molecule is C[C@H](C(=O)Nc1ccccc1C#N)[NH+]1CC[NH+](CCOc2ccccc2)CC1. The van der Waals surface area contributed by atoms with Gasteiger partial charge in [0.1, 0.15) is 51.1 Å². The molecule has 1 atom stereocenters. The highest BCUT2D eigenvalue weighted by atomic mass is 16.5. The predicted octanol–water partition coefficient (Wildman–Crippen LogP) is -0.252. The van der Waals surface area contributed by atoms with E-state index in [1.54, 1.807) is 18.2 Å². The molecule has 0 aromatic heterocycles. The Morgan fingerprint density at radius 3 is 2.50 bits per heavy atom. The lowest BCUT2D eigenvalue weighted by Crippen LogP contribution is -3.30. The molecule has 0 aliphatic carbocycles. The summed E-state index contributed by atoms with van der Waals surface area (Å²) in [5, 5.41) is 12.1. The summed E-state index contributed by atoms with van der Waals surface area (Å²) in [5.74, 6) is 0.877. The van der Waals surface area contributed by atoms with Gasteiger partial charge in [-0.25, -0.2) is 0 Å². The van der Waals surface area contributed by atoms with Gasteiger partial charge in [0.25, 0.3) is 5.91 Å². The smallest absolute Gasteiger partial charge is 0.282 e. The Morgan fingerprint density at radius 1 is 1.11 bits per heavy atom. The van der Waals surface area contributed by atoms with E-state index in [1.807, 2.05) is 43.3 Å². The minimum absolute atomic E-state index is 0.0337. The van der Waals surface area contributed by atoms with Crippen molar-refractivity contribution >= 4 is 11.6 Å². The van der Waals surface area contributed by atoms with Gasteiger partial charge in [0.05, 0.1) is 11.3 Å². The summed E-state index contributed by atoms with van der Waals surface area (Å²) < 4.78 is 5.79. The first kappa shape index (κ1) is 19.9. The van der Waals surface area contributed by atoms with Crippen molar-refractivity contribution in [2.24, 2.45) is 0 Å². The number of anilines is 1.